The third kappa shape index (κ3) is 3.23. The van der Waals surface area contributed by atoms with E-state index in [1.54, 1.807) is 7.11 Å². The van der Waals surface area contributed by atoms with Crippen molar-refractivity contribution in [1.82, 2.24) is 4.98 Å². The van der Waals surface area contributed by atoms with Crippen LogP contribution in [0.1, 0.15) is 5.69 Å². The number of hydrogen-bond acceptors (Lipinski definition) is 5. The topological polar surface area (TPSA) is 83.4 Å². The quantitative estimate of drug-likeness (QED) is 0.767. The molecule has 0 saturated carbocycles. The second-order valence-corrected chi connectivity index (χ2v) is 6.56. The van der Waals surface area contributed by atoms with Crippen molar-refractivity contribution in [2.24, 2.45) is 11.5 Å². The van der Waals surface area contributed by atoms with Gasteiger partial charge < -0.3 is 20.9 Å². The average Bonchev–Trinajstić information content (AvgIpc) is 2.58. The van der Waals surface area contributed by atoms with Crippen LogP contribution in [-0.4, -0.2) is 31.3 Å². The van der Waals surface area contributed by atoms with Crippen molar-refractivity contribution in [2.75, 3.05) is 20.3 Å². The van der Waals surface area contributed by atoms with E-state index in [9.17, 15) is 0 Å². The number of rotatable bonds is 5. The van der Waals surface area contributed by atoms with E-state index in [0.717, 1.165) is 21.1 Å². The molecule has 0 fully saturated rings. The summed E-state index contributed by atoms with van der Waals surface area (Å²) in [5.41, 5.74) is 13.6. The van der Waals surface area contributed by atoms with Crippen LogP contribution < -0.4 is 11.5 Å². The first-order valence-corrected chi connectivity index (χ1v) is 8.47. The summed E-state index contributed by atoms with van der Waals surface area (Å²) in [7, 11) is 1.63. The Balaban J connectivity index is 1.89. The summed E-state index contributed by atoms with van der Waals surface area (Å²) in [6.45, 7) is 0.993. The van der Waals surface area contributed by atoms with Gasteiger partial charge in [0.2, 0.25) is 0 Å². The Labute approximate surface area is 149 Å². The molecule has 2 aromatic rings. The zero-order chi connectivity index (χ0) is 17.2. The summed E-state index contributed by atoms with van der Waals surface area (Å²) in [6.07, 6.45) is 5.51. The van der Waals surface area contributed by atoms with Crippen molar-refractivity contribution in [3.05, 3.63) is 64.5 Å². The number of halogens is 1. The zero-order valence-corrected chi connectivity index (χ0v) is 15.0. The first-order chi connectivity index (χ1) is 11.5. The van der Waals surface area contributed by atoms with Crippen LogP contribution in [0, 0.1) is 0 Å². The summed E-state index contributed by atoms with van der Waals surface area (Å²) in [5.74, 6) is 0.697. The van der Waals surface area contributed by atoms with E-state index in [-0.39, 0.29) is 0 Å². The molecule has 1 aromatic carbocycles. The summed E-state index contributed by atoms with van der Waals surface area (Å²) in [6, 6.07) is 9.44. The van der Waals surface area contributed by atoms with E-state index in [2.05, 4.69) is 15.9 Å². The number of benzene rings is 1. The molecule has 2 atom stereocenters. The second kappa shape index (κ2) is 7.03. The molecule has 1 aromatic heterocycles. The summed E-state index contributed by atoms with van der Waals surface area (Å²) in [4.78, 5) is 4.73. The molecule has 1 aliphatic carbocycles. The van der Waals surface area contributed by atoms with Gasteiger partial charge in [-0.2, -0.15) is 0 Å². The highest BCUT2D eigenvalue weighted by Crippen LogP contribution is 2.30. The maximum absolute atomic E-state index is 6.57. The van der Waals surface area contributed by atoms with Gasteiger partial charge in [-0.05, 0) is 40.2 Å². The van der Waals surface area contributed by atoms with Gasteiger partial charge in [-0.3, -0.25) is 0 Å². The number of hydrogen-bond donors (Lipinski definition) is 2. The number of nitrogens with zero attached hydrogens (tertiary/aromatic N) is 1. The Morgan fingerprint density at radius 2 is 2.08 bits per heavy atom. The van der Waals surface area contributed by atoms with Gasteiger partial charge in [-0.25, -0.2) is 4.98 Å². The van der Waals surface area contributed by atoms with Gasteiger partial charge in [-0.1, -0.05) is 24.3 Å². The molecule has 1 heterocycles. The van der Waals surface area contributed by atoms with Crippen LogP contribution in [0.5, 0.6) is 0 Å². The first-order valence-electron chi connectivity index (χ1n) is 7.67. The Morgan fingerprint density at radius 1 is 1.25 bits per heavy atom. The highest BCUT2D eigenvalue weighted by Gasteiger charge is 2.35. The molecule has 6 heteroatoms. The maximum Gasteiger partial charge on any atom is 0.116 e. The van der Waals surface area contributed by atoms with Gasteiger partial charge in [0.05, 0.1) is 29.4 Å². The molecular formula is C18H20BrN3O2. The van der Waals surface area contributed by atoms with Crippen LogP contribution in [0.3, 0.4) is 0 Å². The molecule has 126 valence electrons. The number of methoxy groups -OCH3 is 1. The lowest BCUT2D eigenvalue weighted by molar-refractivity contribution is 0.113. The molecule has 0 aliphatic heterocycles. The summed E-state index contributed by atoms with van der Waals surface area (Å²) in [5, 5.41) is 1.05. The number of para-hydroxylation sites is 1. The molecular weight excluding hydrogens is 370 g/mol. The van der Waals surface area contributed by atoms with Crippen molar-refractivity contribution >= 4 is 26.8 Å². The molecule has 5 nitrogen and oxygen atoms in total. The minimum atomic E-state index is -0.877. The minimum Gasteiger partial charge on any atom is -0.491 e. The van der Waals surface area contributed by atoms with Crippen molar-refractivity contribution in [2.45, 2.75) is 11.6 Å². The number of nitrogens with two attached hydrogens (primary N) is 2. The standard InChI is InChI=1S/C18H20BrN3O2/c1-23-9-10-24-13-7-8-18(21,15(20)11-13)16-6-5-12-3-2-4-14(19)17(12)22-16/h2-8,11,15H,9-10,20-21H2,1H3. The molecule has 3 rings (SSSR count). The van der Waals surface area contributed by atoms with Gasteiger partial charge in [-0.15, -0.1) is 0 Å². The van der Waals surface area contributed by atoms with Crippen molar-refractivity contribution < 1.29 is 9.47 Å². The van der Waals surface area contributed by atoms with Crippen molar-refractivity contribution in [1.29, 1.82) is 0 Å². The van der Waals surface area contributed by atoms with Crippen LogP contribution in [0.25, 0.3) is 10.9 Å². The molecule has 0 radical (unpaired) electrons. The van der Waals surface area contributed by atoms with Crippen LogP contribution >= 0.6 is 15.9 Å². The molecule has 2 unspecified atom stereocenters. The Morgan fingerprint density at radius 3 is 2.83 bits per heavy atom. The highest BCUT2D eigenvalue weighted by molar-refractivity contribution is 9.10. The van der Waals surface area contributed by atoms with E-state index < -0.39 is 11.6 Å². The molecule has 0 bridgehead atoms. The largest absolute Gasteiger partial charge is 0.491 e. The van der Waals surface area contributed by atoms with Crippen LogP contribution in [0.4, 0.5) is 0 Å². The Hall–Kier alpha value is -1.73. The summed E-state index contributed by atoms with van der Waals surface area (Å²) < 4.78 is 11.5. The molecule has 24 heavy (non-hydrogen) atoms. The molecule has 0 saturated heterocycles. The van der Waals surface area contributed by atoms with E-state index in [4.69, 9.17) is 25.9 Å². The zero-order valence-electron chi connectivity index (χ0n) is 13.4. The molecule has 1 aliphatic rings. The number of allylic oxidation sites excluding steroid dienone is 1. The fraction of sp³-hybridized carbons (Fsp3) is 0.278. The number of ether oxygens (including phenoxy) is 2. The lowest BCUT2D eigenvalue weighted by atomic mass is 9.83. The smallest absolute Gasteiger partial charge is 0.116 e. The highest BCUT2D eigenvalue weighted by atomic mass is 79.9. The fourth-order valence-corrected chi connectivity index (χ4v) is 3.12. The number of fused-ring (bicyclic) bond motifs is 1. The van der Waals surface area contributed by atoms with Gasteiger partial charge in [0.15, 0.2) is 0 Å². The monoisotopic (exact) mass is 389 g/mol. The minimum absolute atomic E-state index is 0.438. The maximum atomic E-state index is 6.57. The number of pyridine rings is 1. The SMILES string of the molecule is COCCOC1=CC(N)C(N)(c2ccc3cccc(Br)c3n2)C=C1. The van der Waals surface area contributed by atoms with Crippen LogP contribution in [-0.2, 0) is 15.0 Å². The van der Waals surface area contributed by atoms with Crippen molar-refractivity contribution in [3.63, 3.8) is 0 Å². The summed E-state index contributed by atoms with van der Waals surface area (Å²) >= 11 is 3.54. The van der Waals surface area contributed by atoms with Gasteiger partial charge in [0, 0.05) is 17.0 Å². The third-order valence-electron chi connectivity index (χ3n) is 4.09. The van der Waals surface area contributed by atoms with Crippen molar-refractivity contribution in [3.8, 4) is 0 Å². The van der Waals surface area contributed by atoms with E-state index >= 15 is 0 Å². The van der Waals surface area contributed by atoms with Crippen LogP contribution in [0.15, 0.2) is 58.8 Å². The van der Waals surface area contributed by atoms with Gasteiger partial charge in [0.1, 0.15) is 12.4 Å². The van der Waals surface area contributed by atoms with E-state index in [0.29, 0.717) is 19.0 Å². The Bertz CT molecular complexity index is 806. The fourth-order valence-electron chi connectivity index (χ4n) is 2.65. The first kappa shape index (κ1) is 17.1. The lowest BCUT2D eigenvalue weighted by Gasteiger charge is -2.33. The van der Waals surface area contributed by atoms with Gasteiger partial charge >= 0.3 is 0 Å². The van der Waals surface area contributed by atoms with E-state index in [1.807, 2.05) is 48.6 Å². The third-order valence-corrected chi connectivity index (χ3v) is 4.73. The molecule has 4 N–H and O–H groups in total. The average molecular weight is 390 g/mol. The number of aromatic nitrogens is 1. The van der Waals surface area contributed by atoms with Gasteiger partial charge in [0.25, 0.3) is 0 Å². The lowest BCUT2D eigenvalue weighted by Crippen LogP contribution is -2.52. The van der Waals surface area contributed by atoms with E-state index in [1.165, 1.54) is 0 Å². The molecule has 0 spiro atoms. The predicted octanol–water partition coefficient (Wildman–Crippen LogP) is 2.60. The van der Waals surface area contributed by atoms with Crippen LogP contribution in [0.2, 0.25) is 0 Å². The second-order valence-electron chi connectivity index (χ2n) is 5.71. The predicted molar refractivity (Wildman–Crippen MR) is 98.3 cm³/mol. The normalized spacial score (nSPS) is 23.3. The molecule has 0 amide bonds. The Kier molecular flexibility index (Phi) is 5.01.